The summed E-state index contributed by atoms with van der Waals surface area (Å²) in [4.78, 5) is 14.4. The fourth-order valence-corrected chi connectivity index (χ4v) is 2.93. The number of aryl methyl sites for hydroxylation is 1. The maximum absolute atomic E-state index is 12.4. The van der Waals surface area contributed by atoms with E-state index in [9.17, 15) is 4.79 Å². The minimum absolute atomic E-state index is 0. The molecule has 1 fully saturated rings. The molecule has 1 heterocycles. The van der Waals surface area contributed by atoms with Gasteiger partial charge >= 0.3 is 0 Å². The van der Waals surface area contributed by atoms with Crippen LogP contribution in [-0.4, -0.2) is 37.5 Å². The predicted octanol–water partition coefficient (Wildman–Crippen LogP) is 2.67. The first-order valence-corrected chi connectivity index (χ1v) is 7.73. The van der Waals surface area contributed by atoms with Gasteiger partial charge in [-0.2, -0.15) is 0 Å². The van der Waals surface area contributed by atoms with E-state index in [1.54, 1.807) is 0 Å². The SMILES string of the molecule is CCc1ccc(CC(=O)N2CCCC(CNC)C2)cc1.Cl. The third-order valence-electron chi connectivity index (χ3n) is 4.15. The van der Waals surface area contributed by atoms with Crippen LogP contribution in [0.4, 0.5) is 0 Å². The van der Waals surface area contributed by atoms with Crippen LogP contribution in [0.3, 0.4) is 0 Å². The molecule has 3 nitrogen and oxygen atoms in total. The summed E-state index contributed by atoms with van der Waals surface area (Å²) in [6.45, 7) is 4.99. The molecule has 0 radical (unpaired) electrons. The van der Waals surface area contributed by atoms with Gasteiger partial charge in [-0.15, -0.1) is 12.4 Å². The Balaban J connectivity index is 0.00000220. The van der Waals surface area contributed by atoms with Crippen LogP contribution in [0.1, 0.15) is 30.9 Å². The summed E-state index contributed by atoms with van der Waals surface area (Å²) in [7, 11) is 1.98. The van der Waals surface area contributed by atoms with Crippen molar-refractivity contribution in [2.45, 2.75) is 32.6 Å². The Kier molecular flexibility index (Phi) is 7.76. The summed E-state index contributed by atoms with van der Waals surface area (Å²) in [5.74, 6) is 0.884. The van der Waals surface area contributed by atoms with Gasteiger partial charge in [0.2, 0.25) is 5.91 Å². The molecule has 1 unspecified atom stereocenters. The first-order chi connectivity index (χ1) is 9.72. The molecule has 2 rings (SSSR count). The van der Waals surface area contributed by atoms with E-state index in [4.69, 9.17) is 0 Å². The molecule has 0 spiro atoms. The number of nitrogens with one attached hydrogen (secondary N) is 1. The number of hydrogen-bond donors (Lipinski definition) is 1. The van der Waals surface area contributed by atoms with Crippen molar-refractivity contribution in [3.05, 3.63) is 35.4 Å². The molecule has 0 aliphatic carbocycles. The number of carbonyl (C=O) groups is 1. The third-order valence-corrected chi connectivity index (χ3v) is 4.15. The normalized spacial score (nSPS) is 18.2. The van der Waals surface area contributed by atoms with Gasteiger partial charge in [0, 0.05) is 13.1 Å². The summed E-state index contributed by atoms with van der Waals surface area (Å²) >= 11 is 0. The molecule has 1 aromatic carbocycles. The topological polar surface area (TPSA) is 32.3 Å². The molecule has 1 atom stereocenters. The average Bonchev–Trinajstić information content (AvgIpc) is 2.48. The molecule has 1 aromatic rings. The van der Waals surface area contributed by atoms with Crippen molar-refractivity contribution in [3.63, 3.8) is 0 Å². The van der Waals surface area contributed by atoms with E-state index < -0.39 is 0 Å². The number of amides is 1. The maximum atomic E-state index is 12.4. The molecular weight excluding hydrogens is 284 g/mol. The molecule has 4 heteroatoms. The zero-order valence-electron chi connectivity index (χ0n) is 13.1. The highest BCUT2D eigenvalue weighted by Crippen LogP contribution is 2.17. The zero-order chi connectivity index (χ0) is 14.4. The molecule has 1 N–H and O–H groups in total. The van der Waals surface area contributed by atoms with E-state index in [1.165, 1.54) is 12.0 Å². The van der Waals surface area contributed by atoms with Crippen LogP contribution in [0, 0.1) is 5.92 Å². The summed E-state index contributed by atoms with van der Waals surface area (Å²) in [6, 6.07) is 8.43. The fourth-order valence-electron chi connectivity index (χ4n) is 2.93. The predicted molar refractivity (Wildman–Crippen MR) is 90.0 cm³/mol. The van der Waals surface area contributed by atoms with Gasteiger partial charge in [-0.1, -0.05) is 31.2 Å². The van der Waals surface area contributed by atoms with Crippen molar-refractivity contribution in [1.29, 1.82) is 0 Å². The lowest BCUT2D eigenvalue weighted by Crippen LogP contribution is -2.43. The molecule has 0 bridgehead atoms. The summed E-state index contributed by atoms with van der Waals surface area (Å²) < 4.78 is 0. The van der Waals surface area contributed by atoms with Crippen molar-refractivity contribution in [2.75, 3.05) is 26.7 Å². The second kappa shape index (κ2) is 9.06. The maximum Gasteiger partial charge on any atom is 0.226 e. The first-order valence-electron chi connectivity index (χ1n) is 7.73. The number of halogens is 1. The van der Waals surface area contributed by atoms with Crippen molar-refractivity contribution < 1.29 is 4.79 Å². The Morgan fingerprint density at radius 1 is 1.29 bits per heavy atom. The zero-order valence-corrected chi connectivity index (χ0v) is 13.9. The van der Waals surface area contributed by atoms with Gasteiger partial charge in [-0.25, -0.2) is 0 Å². The van der Waals surface area contributed by atoms with Crippen LogP contribution in [-0.2, 0) is 17.6 Å². The highest BCUT2D eigenvalue weighted by molar-refractivity contribution is 5.85. The van der Waals surface area contributed by atoms with Gasteiger partial charge < -0.3 is 10.2 Å². The van der Waals surface area contributed by atoms with Gasteiger partial charge in [-0.05, 0) is 49.9 Å². The highest BCUT2D eigenvalue weighted by atomic mass is 35.5. The van der Waals surface area contributed by atoms with Crippen LogP contribution in [0.5, 0.6) is 0 Å². The molecule has 1 saturated heterocycles. The summed E-state index contributed by atoms with van der Waals surface area (Å²) in [5, 5.41) is 3.22. The van der Waals surface area contributed by atoms with E-state index in [1.807, 2.05) is 11.9 Å². The largest absolute Gasteiger partial charge is 0.342 e. The lowest BCUT2D eigenvalue weighted by Gasteiger charge is -2.32. The van der Waals surface area contributed by atoms with Crippen molar-refractivity contribution >= 4 is 18.3 Å². The molecule has 21 heavy (non-hydrogen) atoms. The fraction of sp³-hybridized carbons (Fsp3) is 0.588. The van der Waals surface area contributed by atoms with E-state index in [0.717, 1.165) is 38.0 Å². The quantitative estimate of drug-likeness (QED) is 0.907. The van der Waals surface area contributed by atoms with E-state index in [-0.39, 0.29) is 18.3 Å². The Morgan fingerprint density at radius 3 is 2.57 bits per heavy atom. The van der Waals surface area contributed by atoms with Crippen molar-refractivity contribution in [1.82, 2.24) is 10.2 Å². The standard InChI is InChI=1S/C17H26N2O.ClH/c1-3-14-6-8-15(9-7-14)11-17(20)19-10-4-5-16(13-19)12-18-2;/h6-9,16,18H,3-5,10-13H2,1-2H3;1H. The number of nitrogens with zero attached hydrogens (tertiary/aromatic N) is 1. The van der Waals surface area contributed by atoms with E-state index >= 15 is 0 Å². The van der Waals surface area contributed by atoms with Gasteiger partial charge in [-0.3, -0.25) is 4.79 Å². The van der Waals surface area contributed by atoms with Crippen LogP contribution in [0.15, 0.2) is 24.3 Å². The first kappa shape index (κ1) is 18.0. The second-order valence-corrected chi connectivity index (χ2v) is 5.75. The Morgan fingerprint density at radius 2 is 1.95 bits per heavy atom. The van der Waals surface area contributed by atoms with Gasteiger partial charge in [0.1, 0.15) is 0 Å². The number of piperidine rings is 1. The number of likely N-dealkylation sites (tertiary alicyclic amines) is 1. The third kappa shape index (κ3) is 5.33. The van der Waals surface area contributed by atoms with Crippen LogP contribution < -0.4 is 5.32 Å². The highest BCUT2D eigenvalue weighted by Gasteiger charge is 2.22. The molecule has 0 aromatic heterocycles. The minimum Gasteiger partial charge on any atom is -0.342 e. The lowest BCUT2D eigenvalue weighted by atomic mass is 9.97. The van der Waals surface area contributed by atoms with Crippen LogP contribution in [0.2, 0.25) is 0 Å². The molecule has 1 aliphatic rings. The Bertz CT molecular complexity index is 431. The lowest BCUT2D eigenvalue weighted by molar-refractivity contribution is -0.132. The minimum atomic E-state index is 0. The number of carbonyl (C=O) groups excluding carboxylic acids is 1. The van der Waals surface area contributed by atoms with Crippen LogP contribution in [0.25, 0.3) is 0 Å². The number of rotatable bonds is 5. The van der Waals surface area contributed by atoms with Crippen molar-refractivity contribution in [3.8, 4) is 0 Å². The average molecular weight is 311 g/mol. The van der Waals surface area contributed by atoms with E-state index in [0.29, 0.717) is 12.3 Å². The molecule has 1 aliphatic heterocycles. The Hall–Kier alpha value is -1.06. The smallest absolute Gasteiger partial charge is 0.226 e. The summed E-state index contributed by atoms with van der Waals surface area (Å²) in [6.07, 6.45) is 3.95. The van der Waals surface area contributed by atoms with Gasteiger partial charge in [0.15, 0.2) is 0 Å². The molecule has 1 amide bonds. The Labute approximate surface area is 134 Å². The number of hydrogen-bond acceptors (Lipinski definition) is 2. The van der Waals surface area contributed by atoms with Crippen LogP contribution >= 0.6 is 12.4 Å². The van der Waals surface area contributed by atoms with E-state index in [2.05, 4.69) is 36.5 Å². The molecule has 118 valence electrons. The monoisotopic (exact) mass is 310 g/mol. The van der Waals surface area contributed by atoms with Gasteiger partial charge in [0.05, 0.1) is 6.42 Å². The molecule has 0 saturated carbocycles. The summed E-state index contributed by atoms with van der Waals surface area (Å²) in [5.41, 5.74) is 2.45. The van der Waals surface area contributed by atoms with Gasteiger partial charge in [0.25, 0.3) is 0 Å². The molecular formula is C17H27ClN2O. The second-order valence-electron chi connectivity index (χ2n) is 5.75. The van der Waals surface area contributed by atoms with Crippen molar-refractivity contribution in [2.24, 2.45) is 5.92 Å². The number of benzene rings is 1.